The predicted molar refractivity (Wildman–Crippen MR) is 92.1 cm³/mol. The number of aryl methyl sites for hydroxylation is 1. The molecule has 8 nitrogen and oxygen atoms in total. The molecule has 0 aliphatic carbocycles. The number of imidazole rings is 1. The lowest BCUT2D eigenvalue weighted by Gasteiger charge is -2.34. The van der Waals surface area contributed by atoms with Crippen LogP contribution < -0.4 is 0 Å². The van der Waals surface area contributed by atoms with Gasteiger partial charge in [0.05, 0.1) is 17.9 Å². The third kappa shape index (κ3) is 2.32. The molecule has 1 amide bonds. The van der Waals surface area contributed by atoms with Gasteiger partial charge in [0, 0.05) is 32.3 Å². The second kappa shape index (κ2) is 5.65. The van der Waals surface area contributed by atoms with E-state index in [0.29, 0.717) is 35.7 Å². The molecule has 25 heavy (non-hydrogen) atoms. The van der Waals surface area contributed by atoms with Crippen molar-refractivity contribution in [3.63, 3.8) is 0 Å². The summed E-state index contributed by atoms with van der Waals surface area (Å²) in [6, 6.07) is 1.61. The third-order valence-electron chi connectivity index (χ3n) is 4.82. The Labute approximate surface area is 145 Å². The van der Waals surface area contributed by atoms with E-state index in [2.05, 4.69) is 38.6 Å². The summed E-state index contributed by atoms with van der Waals surface area (Å²) < 4.78 is 3.96. The summed E-state index contributed by atoms with van der Waals surface area (Å²) in [5.41, 5.74) is 1.92. The molecule has 0 aromatic carbocycles. The summed E-state index contributed by atoms with van der Waals surface area (Å²) in [5.74, 6) is 2.09. The van der Waals surface area contributed by atoms with Crippen molar-refractivity contribution < 1.29 is 4.79 Å². The lowest BCUT2D eigenvalue weighted by Crippen LogP contribution is -2.41. The van der Waals surface area contributed by atoms with Gasteiger partial charge in [-0.2, -0.15) is 0 Å². The smallest absolute Gasteiger partial charge is 0.256 e. The van der Waals surface area contributed by atoms with Gasteiger partial charge in [-0.3, -0.25) is 4.79 Å². The first-order valence-electron chi connectivity index (χ1n) is 8.49. The van der Waals surface area contributed by atoms with Gasteiger partial charge in [-0.1, -0.05) is 13.8 Å². The summed E-state index contributed by atoms with van der Waals surface area (Å²) in [6.45, 7) is 7.55. The van der Waals surface area contributed by atoms with E-state index in [0.717, 1.165) is 11.6 Å². The van der Waals surface area contributed by atoms with Crippen molar-refractivity contribution in [2.24, 2.45) is 7.05 Å². The molecule has 0 spiro atoms. The van der Waals surface area contributed by atoms with Gasteiger partial charge in [0.1, 0.15) is 11.3 Å². The molecule has 1 unspecified atom stereocenters. The fraction of sp³-hybridized carbons (Fsp3) is 0.471. The molecular weight excluding hydrogens is 318 g/mol. The second-order valence-electron chi connectivity index (χ2n) is 6.78. The van der Waals surface area contributed by atoms with Gasteiger partial charge < -0.3 is 14.0 Å². The molecule has 1 atom stereocenters. The average Bonchev–Trinajstić information content (AvgIpc) is 3.19. The van der Waals surface area contributed by atoms with Gasteiger partial charge in [-0.25, -0.2) is 9.97 Å². The van der Waals surface area contributed by atoms with E-state index in [4.69, 9.17) is 0 Å². The topological polar surface area (TPSA) is 81.7 Å². The monoisotopic (exact) mass is 339 g/mol. The minimum atomic E-state index is -0.131. The van der Waals surface area contributed by atoms with Gasteiger partial charge in [0.2, 0.25) is 0 Å². The molecule has 1 aliphatic heterocycles. The van der Waals surface area contributed by atoms with E-state index >= 15 is 0 Å². The van der Waals surface area contributed by atoms with Crippen LogP contribution >= 0.6 is 0 Å². The Morgan fingerprint density at radius 3 is 2.80 bits per heavy atom. The standard InChI is InChI=1S/C17H21N7O/c1-10(2)14-20-21-15-11(3)23(7-8-24(14)15)17(25)12-5-6-18-16-13(12)19-9-22(16)4/h5-6,9-11H,7-8H2,1-4H3. The zero-order valence-electron chi connectivity index (χ0n) is 14.8. The maximum absolute atomic E-state index is 13.2. The van der Waals surface area contributed by atoms with Crippen LogP contribution in [0.5, 0.6) is 0 Å². The zero-order valence-corrected chi connectivity index (χ0v) is 14.8. The Kier molecular flexibility index (Phi) is 3.55. The largest absolute Gasteiger partial charge is 0.327 e. The molecule has 0 bridgehead atoms. The van der Waals surface area contributed by atoms with Crippen LogP contribution in [-0.4, -0.2) is 46.7 Å². The van der Waals surface area contributed by atoms with E-state index in [1.54, 1.807) is 18.6 Å². The van der Waals surface area contributed by atoms with Crippen LogP contribution in [0.3, 0.4) is 0 Å². The van der Waals surface area contributed by atoms with Gasteiger partial charge in [0.25, 0.3) is 5.91 Å². The fourth-order valence-electron chi connectivity index (χ4n) is 3.47. The summed E-state index contributed by atoms with van der Waals surface area (Å²) in [5, 5.41) is 8.66. The van der Waals surface area contributed by atoms with Crippen LogP contribution in [0, 0.1) is 0 Å². The third-order valence-corrected chi connectivity index (χ3v) is 4.82. The number of hydrogen-bond donors (Lipinski definition) is 0. The second-order valence-corrected chi connectivity index (χ2v) is 6.78. The summed E-state index contributed by atoms with van der Waals surface area (Å²) >= 11 is 0. The van der Waals surface area contributed by atoms with Crippen molar-refractivity contribution in [2.75, 3.05) is 6.54 Å². The molecule has 4 heterocycles. The highest BCUT2D eigenvalue weighted by Crippen LogP contribution is 2.29. The highest BCUT2D eigenvalue weighted by molar-refractivity contribution is 6.04. The minimum Gasteiger partial charge on any atom is -0.327 e. The van der Waals surface area contributed by atoms with Gasteiger partial charge in [-0.15, -0.1) is 10.2 Å². The Morgan fingerprint density at radius 2 is 2.04 bits per heavy atom. The summed E-state index contributed by atoms with van der Waals surface area (Å²) in [7, 11) is 1.87. The van der Waals surface area contributed by atoms with E-state index in [1.807, 2.05) is 23.4 Å². The number of fused-ring (bicyclic) bond motifs is 2. The lowest BCUT2D eigenvalue weighted by molar-refractivity contribution is 0.0638. The molecule has 0 saturated carbocycles. The van der Waals surface area contributed by atoms with Crippen molar-refractivity contribution in [1.82, 2.24) is 34.2 Å². The molecule has 0 radical (unpaired) electrons. The number of carbonyl (C=O) groups is 1. The van der Waals surface area contributed by atoms with E-state index in [1.165, 1.54) is 0 Å². The van der Waals surface area contributed by atoms with Crippen LogP contribution in [0.15, 0.2) is 18.6 Å². The maximum Gasteiger partial charge on any atom is 0.256 e. The van der Waals surface area contributed by atoms with Gasteiger partial charge in [0.15, 0.2) is 11.5 Å². The first-order chi connectivity index (χ1) is 12.0. The molecule has 0 N–H and O–H groups in total. The van der Waals surface area contributed by atoms with Gasteiger partial charge >= 0.3 is 0 Å². The highest BCUT2D eigenvalue weighted by Gasteiger charge is 2.33. The first kappa shape index (κ1) is 15.7. The number of carbonyl (C=O) groups excluding carboxylic acids is 1. The van der Waals surface area contributed by atoms with E-state index in [9.17, 15) is 4.79 Å². The quantitative estimate of drug-likeness (QED) is 0.712. The molecule has 0 saturated heterocycles. The van der Waals surface area contributed by atoms with E-state index in [-0.39, 0.29) is 11.9 Å². The molecule has 3 aromatic heterocycles. The predicted octanol–water partition coefficient (Wildman–Crippen LogP) is 1.90. The van der Waals surface area contributed by atoms with Gasteiger partial charge in [-0.05, 0) is 13.0 Å². The number of nitrogens with zero attached hydrogens (tertiary/aromatic N) is 7. The van der Waals surface area contributed by atoms with Crippen molar-refractivity contribution >= 4 is 17.1 Å². The number of hydrogen-bond acceptors (Lipinski definition) is 5. The fourth-order valence-corrected chi connectivity index (χ4v) is 3.47. The number of aromatic nitrogens is 6. The van der Waals surface area contributed by atoms with Crippen molar-refractivity contribution in [3.8, 4) is 0 Å². The Hall–Kier alpha value is -2.77. The zero-order chi connectivity index (χ0) is 17.7. The molecule has 3 aromatic rings. The minimum absolute atomic E-state index is 0.0426. The Morgan fingerprint density at radius 1 is 1.24 bits per heavy atom. The Balaban J connectivity index is 1.71. The number of pyridine rings is 1. The molecular formula is C17H21N7O. The van der Waals surface area contributed by atoms with Crippen LogP contribution in [-0.2, 0) is 13.6 Å². The molecule has 0 fully saturated rings. The van der Waals surface area contributed by atoms with Crippen LogP contribution in [0.1, 0.15) is 54.7 Å². The number of rotatable bonds is 2. The van der Waals surface area contributed by atoms with Crippen molar-refractivity contribution in [3.05, 3.63) is 35.8 Å². The average molecular weight is 339 g/mol. The van der Waals surface area contributed by atoms with Crippen molar-refractivity contribution in [2.45, 2.75) is 39.3 Å². The van der Waals surface area contributed by atoms with Crippen molar-refractivity contribution in [1.29, 1.82) is 0 Å². The lowest BCUT2D eigenvalue weighted by atomic mass is 10.1. The van der Waals surface area contributed by atoms with Crippen LogP contribution in [0.4, 0.5) is 0 Å². The highest BCUT2D eigenvalue weighted by atomic mass is 16.2. The molecule has 1 aliphatic rings. The van der Waals surface area contributed by atoms with E-state index < -0.39 is 0 Å². The maximum atomic E-state index is 13.2. The molecule has 4 rings (SSSR count). The number of amides is 1. The van der Waals surface area contributed by atoms with Crippen LogP contribution in [0.25, 0.3) is 11.2 Å². The molecule has 8 heteroatoms. The summed E-state index contributed by atoms with van der Waals surface area (Å²) in [4.78, 5) is 23.7. The first-order valence-corrected chi connectivity index (χ1v) is 8.49. The summed E-state index contributed by atoms with van der Waals surface area (Å²) in [6.07, 6.45) is 3.34. The SMILES string of the molecule is CC(C)c1nnc2n1CCN(C(=O)c1ccnc3c1ncn3C)C2C. The normalized spacial score (nSPS) is 17.3. The Bertz CT molecular complexity index is 955. The van der Waals surface area contributed by atoms with Crippen LogP contribution in [0.2, 0.25) is 0 Å². The molecule has 130 valence electrons.